The zero-order valence-electron chi connectivity index (χ0n) is 10.8. The molecule has 0 saturated carbocycles. The van der Waals surface area contributed by atoms with Crippen LogP contribution in [0.25, 0.3) is 0 Å². The lowest BCUT2D eigenvalue weighted by molar-refractivity contribution is -0.173. The van der Waals surface area contributed by atoms with Crippen molar-refractivity contribution in [1.82, 2.24) is 5.32 Å². The van der Waals surface area contributed by atoms with Gasteiger partial charge in [-0.15, -0.1) is 0 Å². The molecule has 0 saturated heterocycles. The van der Waals surface area contributed by atoms with Crippen molar-refractivity contribution in [3.63, 3.8) is 0 Å². The lowest BCUT2D eigenvalue weighted by Crippen LogP contribution is -2.33. The van der Waals surface area contributed by atoms with E-state index in [2.05, 4.69) is 10.1 Å². The molecule has 18 heavy (non-hydrogen) atoms. The molecule has 0 aromatic rings. The van der Waals surface area contributed by atoms with E-state index in [0.29, 0.717) is 12.5 Å². The number of halogens is 3. The molecular formula is C11H22F3NO3. The van der Waals surface area contributed by atoms with Gasteiger partial charge in [-0.05, 0) is 5.92 Å². The van der Waals surface area contributed by atoms with E-state index in [1.165, 1.54) is 0 Å². The van der Waals surface area contributed by atoms with Crippen molar-refractivity contribution in [3.05, 3.63) is 0 Å². The van der Waals surface area contributed by atoms with Gasteiger partial charge in [0.2, 0.25) is 0 Å². The highest BCUT2D eigenvalue weighted by Crippen LogP contribution is 2.13. The molecular weight excluding hydrogens is 251 g/mol. The van der Waals surface area contributed by atoms with Crippen LogP contribution in [-0.4, -0.2) is 56.9 Å². The summed E-state index contributed by atoms with van der Waals surface area (Å²) < 4.78 is 44.7. The second kappa shape index (κ2) is 9.55. The Morgan fingerprint density at radius 2 is 1.83 bits per heavy atom. The van der Waals surface area contributed by atoms with Crippen molar-refractivity contribution in [1.29, 1.82) is 0 Å². The first-order chi connectivity index (χ1) is 8.31. The summed E-state index contributed by atoms with van der Waals surface area (Å²) in [6, 6.07) is 0. The maximum absolute atomic E-state index is 11.7. The van der Waals surface area contributed by atoms with E-state index in [-0.39, 0.29) is 26.3 Å². The van der Waals surface area contributed by atoms with E-state index in [1.807, 2.05) is 13.8 Å². The molecule has 1 atom stereocenters. The molecule has 110 valence electrons. The van der Waals surface area contributed by atoms with Crippen molar-refractivity contribution < 1.29 is 27.8 Å². The van der Waals surface area contributed by atoms with Crippen LogP contribution in [0.4, 0.5) is 13.2 Å². The minimum Gasteiger partial charge on any atom is -0.389 e. The first kappa shape index (κ1) is 17.6. The van der Waals surface area contributed by atoms with Gasteiger partial charge in [0.1, 0.15) is 6.61 Å². The van der Waals surface area contributed by atoms with Gasteiger partial charge in [-0.1, -0.05) is 13.8 Å². The van der Waals surface area contributed by atoms with Crippen molar-refractivity contribution in [2.24, 2.45) is 5.92 Å². The minimum absolute atomic E-state index is 0.0426. The predicted octanol–water partition coefficient (Wildman–Crippen LogP) is 1.19. The average Bonchev–Trinajstić information content (AvgIpc) is 2.21. The molecule has 0 aromatic carbocycles. The van der Waals surface area contributed by atoms with E-state index in [1.54, 1.807) is 0 Å². The fourth-order valence-electron chi connectivity index (χ4n) is 1.10. The summed E-state index contributed by atoms with van der Waals surface area (Å²) in [6.07, 6.45) is -4.95. The normalized spacial score (nSPS) is 14.2. The van der Waals surface area contributed by atoms with Gasteiger partial charge < -0.3 is 19.9 Å². The van der Waals surface area contributed by atoms with Gasteiger partial charge in [0, 0.05) is 19.7 Å². The van der Waals surface area contributed by atoms with Crippen molar-refractivity contribution in [2.45, 2.75) is 26.1 Å². The topological polar surface area (TPSA) is 50.7 Å². The van der Waals surface area contributed by atoms with Crippen LogP contribution in [0.5, 0.6) is 0 Å². The zero-order valence-corrected chi connectivity index (χ0v) is 10.8. The summed E-state index contributed by atoms with van der Waals surface area (Å²) >= 11 is 0. The number of hydrogen-bond acceptors (Lipinski definition) is 4. The summed E-state index contributed by atoms with van der Waals surface area (Å²) in [5.41, 5.74) is 0. The number of aliphatic hydroxyl groups excluding tert-OH is 1. The molecule has 0 aliphatic heterocycles. The Morgan fingerprint density at radius 3 is 2.39 bits per heavy atom. The summed E-state index contributed by atoms with van der Waals surface area (Å²) in [5.74, 6) is 0.404. The van der Waals surface area contributed by atoms with Gasteiger partial charge in [0.15, 0.2) is 0 Å². The summed E-state index contributed by atoms with van der Waals surface area (Å²) in [5, 5.41) is 12.2. The Balaban J connectivity index is 3.27. The van der Waals surface area contributed by atoms with Gasteiger partial charge >= 0.3 is 6.18 Å². The molecule has 2 N–H and O–H groups in total. The van der Waals surface area contributed by atoms with Crippen molar-refractivity contribution in [2.75, 3.05) is 39.5 Å². The van der Waals surface area contributed by atoms with Crippen LogP contribution in [0.15, 0.2) is 0 Å². The Morgan fingerprint density at radius 1 is 1.17 bits per heavy atom. The van der Waals surface area contributed by atoms with Gasteiger partial charge in [0.05, 0.1) is 19.3 Å². The lowest BCUT2D eigenvalue weighted by atomic mass is 10.2. The second-order valence-electron chi connectivity index (χ2n) is 4.46. The standard InChI is InChI=1S/C11H22F3NO3/c1-9(2)6-18-7-10(16)5-15-3-4-17-8-11(12,13)14/h9-10,15-16H,3-8H2,1-2H3. The molecule has 0 amide bonds. The van der Waals surface area contributed by atoms with Crippen LogP contribution in [0.1, 0.15) is 13.8 Å². The third-order valence-corrected chi connectivity index (χ3v) is 1.83. The number of nitrogens with one attached hydrogen (secondary N) is 1. The van der Waals surface area contributed by atoms with E-state index in [4.69, 9.17) is 4.74 Å². The number of ether oxygens (including phenoxy) is 2. The fourth-order valence-corrected chi connectivity index (χ4v) is 1.10. The molecule has 7 heteroatoms. The third-order valence-electron chi connectivity index (χ3n) is 1.83. The number of aliphatic hydroxyl groups is 1. The zero-order chi connectivity index (χ0) is 14.0. The SMILES string of the molecule is CC(C)COCC(O)CNCCOCC(F)(F)F. The summed E-state index contributed by atoms with van der Waals surface area (Å²) in [7, 11) is 0. The quantitative estimate of drug-likeness (QED) is 0.587. The highest BCUT2D eigenvalue weighted by Gasteiger charge is 2.27. The fraction of sp³-hybridized carbons (Fsp3) is 1.00. The van der Waals surface area contributed by atoms with Gasteiger partial charge in [0.25, 0.3) is 0 Å². The number of alkyl halides is 3. The molecule has 0 rings (SSSR count). The van der Waals surface area contributed by atoms with Crippen LogP contribution in [0.2, 0.25) is 0 Å². The highest BCUT2D eigenvalue weighted by atomic mass is 19.4. The maximum Gasteiger partial charge on any atom is 0.411 e. The Labute approximate surface area is 105 Å². The molecule has 0 heterocycles. The molecule has 0 bridgehead atoms. The van der Waals surface area contributed by atoms with Gasteiger partial charge in [-0.3, -0.25) is 0 Å². The number of rotatable bonds is 10. The van der Waals surface area contributed by atoms with E-state index in [9.17, 15) is 18.3 Å². The second-order valence-corrected chi connectivity index (χ2v) is 4.46. The molecule has 4 nitrogen and oxygen atoms in total. The van der Waals surface area contributed by atoms with Crippen LogP contribution in [-0.2, 0) is 9.47 Å². The molecule has 1 unspecified atom stereocenters. The molecule has 0 radical (unpaired) electrons. The van der Waals surface area contributed by atoms with Crippen LogP contribution in [0.3, 0.4) is 0 Å². The van der Waals surface area contributed by atoms with Crippen molar-refractivity contribution in [3.8, 4) is 0 Å². The molecule has 0 fully saturated rings. The maximum atomic E-state index is 11.7. The van der Waals surface area contributed by atoms with E-state index in [0.717, 1.165) is 0 Å². The predicted molar refractivity (Wildman–Crippen MR) is 61.4 cm³/mol. The third kappa shape index (κ3) is 13.7. The van der Waals surface area contributed by atoms with Crippen molar-refractivity contribution >= 4 is 0 Å². The summed E-state index contributed by atoms with van der Waals surface area (Å²) in [4.78, 5) is 0. The monoisotopic (exact) mass is 273 g/mol. The largest absolute Gasteiger partial charge is 0.411 e. The van der Waals surface area contributed by atoms with E-state index >= 15 is 0 Å². The molecule has 0 spiro atoms. The van der Waals surface area contributed by atoms with Crippen LogP contribution >= 0.6 is 0 Å². The smallest absolute Gasteiger partial charge is 0.389 e. The first-order valence-corrected chi connectivity index (χ1v) is 5.92. The average molecular weight is 273 g/mol. The number of hydrogen-bond donors (Lipinski definition) is 2. The Bertz CT molecular complexity index is 200. The van der Waals surface area contributed by atoms with Gasteiger partial charge in [-0.2, -0.15) is 13.2 Å². The Kier molecular flexibility index (Phi) is 9.35. The van der Waals surface area contributed by atoms with E-state index < -0.39 is 18.9 Å². The van der Waals surface area contributed by atoms with Crippen LogP contribution < -0.4 is 5.32 Å². The van der Waals surface area contributed by atoms with Gasteiger partial charge in [-0.25, -0.2) is 0 Å². The molecule has 0 aliphatic carbocycles. The highest BCUT2D eigenvalue weighted by molar-refractivity contribution is 4.58. The van der Waals surface area contributed by atoms with Crippen LogP contribution in [0, 0.1) is 5.92 Å². The molecule has 0 aromatic heterocycles. The molecule has 0 aliphatic rings. The lowest BCUT2D eigenvalue weighted by Gasteiger charge is -2.13. The summed E-state index contributed by atoms with van der Waals surface area (Å²) in [6.45, 7) is 4.05. The Hall–Kier alpha value is -0.370. The minimum atomic E-state index is -4.29. The first-order valence-electron chi connectivity index (χ1n) is 5.92.